The molecule has 2 N–H and O–H groups in total. The molecule has 3 aliphatic rings. The number of carbonyl (C=O) groups excluding carboxylic acids is 2. The molecule has 0 aromatic heterocycles. The van der Waals surface area contributed by atoms with Crippen LogP contribution in [0.4, 0.5) is 0 Å². The Bertz CT molecular complexity index is 1130. The lowest BCUT2D eigenvalue weighted by Crippen LogP contribution is -2.29. The molecule has 2 aliphatic heterocycles. The van der Waals surface area contributed by atoms with Gasteiger partial charge in [0.15, 0.2) is 11.5 Å². The molecule has 154 valence electrons. The molecule has 0 radical (unpaired) electrons. The summed E-state index contributed by atoms with van der Waals surface area (Å²) in [6.45, 7) is 3.69. The van der Waals surface area contributed by atoms with Crippen LogP contribution in [0.3, 0.4) is 0 Å². The maximum absolute atomic E-state index is 13.2. The first-order chi connectivity index (χ1) is 14.9. The normalized spacial score (nSPS) is 21.4. The van der Waals surface area contributed by atoms with E-state index in [-0.39, 0.29) is 34.2 Å². The van der Waals surface area contributed by atoms with Crippen LogP contribution in [-0.2, 0) is 23.8 Å². The predicted molar refractivity (Wildman–Crippen MR) is 109 cm³/mol. The van der Waals surface area contributed by atoms with E-state index >= 15 is 0 Å². The summed E-state index contributed by atoms with van der Waals surface area (Å²) in [5.41, 5.74) is 0.796. The molecule has 1 fully saturated rings. The topological polar surface area (TPSA) is 102 Å². The van der Waals surface area contributed by atoms with Crippen molar-refractivity contribution < 1.29 is 34.0 Å². The third kappa shape index (κ3) is 2.94. The largest absolute Gasteiger partial charge is 0.508 e. The smallest absolute Gasteiger partial charge is 0.395 e. The van der Waals surface area contributed by atoms with Crippen LogP contribution in [0.25, 0.3) is 11.1 Å². The average molecular weight is 416 g/mol. The summed E-state index contributed by atoms with van der Waals surface area (Å²) in [5.74, 6) is -3.05. The number of phenolic OH excluding ortho intramolecular Hbond substituents is 2. The Morgan fingerprint density at radius 1 is 0.806 bits per heavy atom. The van der Waals surface area contributed by atoms with Crippen molar-refractivity contribution in [3.05, 3.63) is 96.0 Å². The van der Waals surface area contributed by atoms with Crippen molar-refractivity contribution in [2.24, 2.45) is 0 Å². The van der Waals surface area contributed by atoms with Crippen molar-refractivity contribution in [2.75, 3.05) is 0 Å². The van der Waals surface area contributed by atoms with Gasteiger partial charge in [0.05, 0.1) is 11.1 Å². The van der Waals surface area contributed by atoms with Gasteiger partial charge >= 0.3 is 5.97 Å². The molecule has 5 rings (SSSR count). The Hall–Kier alpha value is -4.10. The molecule has 2 aromatic rings. The van der Waals surface area contributed by atoms with E-state index < -0.39 is 23.6 Å². The van der Waals surface area contributed by atoms with Gasteiger partial charge in [-0.25, -0.2) is 0 Å². The minimum absolute atomic E-state index is 0.0125. The van der Waals surface area contributed by atoms with E-state index in [9.17, 15) is 19.8 Å². The number of rotatable bonds is 3. The van der Waals surface area contributed by atoms with Crippen molar-refractivity contribution in [3.8, 4) is 11.5 Å². The second-order valence-electron chi connectivity index (χ2n) is 7.15. The summed E-state index contributed by atoms with van der Waals surface area (Å²) in [6, 6.07) is 11.7. The quantitative estimate of drug-likeness (QED) is 0.450. The van der Waals surface area contributed by atoms with Crippen molar-refractivity contribution in [3.63, 3.8) is 0 Å². The van der Waals surface area contributed by atoms with Gasteiger partial charge in [-0.2, -0.15) is 0 Å². The third-order valence-corrected chi connectivity index (χ3v) is 5.14. The van der Waals surface area contributed by atoms with Gasteiger partial charge in [-0.05, 0) is 41.5 Å². The van der Waals surface area contributed by atoms with E-state index in [1.165, 1.54) is 48.5 Å². The maximum Gasteiger partial charge on any atom is 0.395 e. The first kappa shape index (κ1) is 18.9. The summed E-state index contributed by atoms with van der Waals surface area (Å²) in [6.07, 6.45) is 4.33. The molecule has 2 aromatic carbocycles. The first-order valence-electron chi connectivity index (χ1n) is 9.45. The number of ketones is 2. The van der Waals surface area contributed by atoms with E-state index in [0.29, 0.717) is 11.1 Å². The molecule has 1 aliphatic carbocycles. The van der Waals surface area contributed by atoms with E-state index in [4.69, 9.17) is 14.2 Å². The molecule has 31 heavy (non-hydrogen) atoms. The molecule has 0 saturated carbocycles. The van der Waals surface area contributed by atoms with E-state index in [2.05, 4.69) is 6.58 Å². The lowest BCUT2D eigenvalue weighted by Gasteiger charge is -2.20. The maximum atomic E-state index is 13.2. The number of fused-ring (bicyclic) bond motifs is 1. The molecule has 1 atom stereocenters. The van der Waals surface area contributed by atoms with Crippen molar-refractivity contribution in [1.29, 1.82) is 0 Å². The number of hydrogen-bond acceptors (Lipinski definition) is 7. The van der Waals surface area contributed by atoms with Gasteiger partial charge < -0.3 is 19.7 Å². The molecule has 0 amide bonds. The summed E-state index contributed by atoms with van der Waals surface area (Å²) in [7, 11) is 0. The van der Waals surface area contributed by atoms with Gasteiger partial charge in [-0.3, -0.25) is 14.3 Å². The number of aromatic hydroxyl groups is 2. The fourth-order valence-electron chi connectivity index (χ4n) is 3.66. The fourth-order valence-corrected chi connectivity index (χ4v) is 3.66. The molecular formula is C24H16O7. The molecule has 1 unspecified atom stereocenters. The molecule has 7 heteroatoms. The Morgan fingerprint density at radius 2 is 1.26 bits per heavy atom. The van der Waals surface area contributed by atoms with E-state index in [0.717, 1.165) is 0 Å². The van der Waals surface area contributed by atoms with Crippen LogP contribution in [0.5, 0.6) is 11.5 Å². The number of hydrogen-bond donors (Lipinski definition) is 2. The van der Waals surface area contributed by atoms with Crippen molar-refractivity contribution in [1.82, 2.24) is 0 Å². The highest BCUT2D eigenvalue weighted by molar-refractivity contribution is 6.66. The van der Waals surface area contributed by atoms with Gasteiger partial charge in [-0.1, -0.05) is 30.3 Å². The number of Topliss-reactive ketones (excluding diaryl/α,β-unsaturated/α-hetero) is 2. The Balaban J connectivity index is 1.74. The van der Waals surface area contributed by atoms with Crippen LogP contribution in [0, 0.1) is 0 Å². The lowest BCUT2D eigenvalue weighted by atomic mass is 9.85. The van der Waals surface area contributed by atoms with Gasteiger partial charge in [-0.15, -0.1) is 6.58 Å². The molecule has 1 spiro atoms. The van der Waals surface area contributed by atoms with Gasteiger partial charge in [0.2, 0.25) is 11.6 Å². The fraction of sp³-hybridized carbons (Fsp3) is 0.0833. The average Bonchev–Trinajstić information content (AvgIpc) is 3.34. The Morgan fingerprint density at radius 3 is 1.65 bits per heavy atom. The number of ether oxygens (including phenoxy) is 3. The number of phenols is 2. The van der Waals surface area contributed by atoms with Crippen LogP contribution in [-0.4, -0.2) is 33.9 Å². The molecule has 7 nitrogen and oxygen atoms in total. The highest BCUT2D eigenvalue weighted by Gasteiger charge is 2.53. The van der Waals surface area contributed by atoms with Gasteiger partial charge in [0, 0.05) is 6.08 Å². The number of allylic oxidation sites excluding steroid dienone is 2. The Kier molecular flexibility index (Phi) is 4.09. The Labute approximate surface area is 176 Å². The molecule has 1 saturated heterocycles. The third-order valence-electron chi connectivity index (χ3n) is 5.14. The zero-order valence-electron chi connectivity index (χ0n) is 16.1. The number of carbonyl (C=O) groups is 2. The van der Waals surface area contributed by atoms with Crippen LogP contribution in [0.15, 0.2) is 84.9 Å². The predicted octanol–water partition coefficient (Wildman–Crippen LogP) is 3.21. The molecule has 0 bridgehead atoms. The van der Waals surface area contributed by atoms with E-state index in [1.807, 2.05) is 0 Å². The summed E-state index contributed by atoms with van der Waals surface area (Å²) in [4.78, 5) is 26.3. The van der Waals surface area contributed by atoms with Crippen molar-refractivity contribution >= 4 is 22.7 Å². The molecular weight excluding hydrogens is 400 g/mol. The highest BCUT2D eigenvalue weighted by atomic mass is 16.9. The standard InChI is InChI=1S/C24H16O7/c1-2-17-11-12-24(29-17)30-22-18(13-3-7-15(25)8-4-13)20(27)21(28)19(23(22)31-24)14-5-9-16(26)10-6-14/h2-12,17,25-26H,1H2. The van der Waals surface area contributed by atoms with Crippen molar-refractivity contribution in [2.45, 2.75) is 12.1 Å². The van der Waals surface area contributed by atoms with Crippen LogP contribution < -0.4 is 0 Å². The second kappa shape index (κ2) is 6.72. The zero-order valence-corrected chi connectivity index (χ0v) is 16.1. The summed E-state index contributed by atoms with van der Waals surface area (Å²) >= 11 is 0. The highest BCUT2D eigenvalue weighted by Crippen LogP contribution is 2.49. The first-order valence-corrected chi connectivity index (χ1v) is 9.45. The number of benzene rings is 2. The molecule has 2 heterocycles. The minimum Gasteiger partial charge on any atom is -0.508 e. The van der Waals surface area contributed by atoms with Gasteiger partial charge in [0.25, 0.3) is 0 Å². The zero-order chi connectivity index (χ0) is 21.8. The van der Waals surface area contributed by atoms with Crippen LogP contribution >= 0.6 is 0 Å². The second-order valence-corrected chi connectivity index (χ2v) is 7.15. The van der Waals surface area contributed by atoms with Gasteiger partial charge in [0.1, 0.15) is 17.6 Å². The SMILES string of the molecule is C=CC1C=CC2(OC3=C(c4ccc(O)cc4)C(=O)C(=O)C(c4ccc(O)cc4)=C3O2)O1. The van der Waals surface area contributed by atoms with Crippen LogP contribution in [0.1, 0.15) is 11.1 Å². The lowest BCUT2D eigenvalue weighted by molar-refractivity contribution is -0.279. The monoisotopic (exact) mass is 416 g/mol. The summed E-state index contributed by atoms with van der Waals surface area (Å²) in [5, 5.41) is 19.2. The summed E-state index contributed by atoms with van der Waals surface area (Å²) < 4.78 is 17.8. The van der Waals surface area contributed by atoms with Crippen LogP contribution in [0.2, 0.25) is 0 Å². The van der Waals surface area contributed by atoms with E-state index in [1.54, 1.807) is 18.2 Å². The minimum atomic E-state index is -1.64.